The predicted molar refractivity (Wildman–Crippen MR) is 210 cm³/mol. The minimum Gasteiger partial charge on any atom is -0.481 e. The number of aliphatic carboxylic acids is 1. The molecule has 2 heterocycles. The van der Waals surface area contributed by atoms with Crippen molar-refractivity contribution < 1.29 is 38.7 Å². The predicted octanol–water partition coefficient (Wildman–Crippen LogP) is 5.10. The van der Waals surface area contributed by atoms with Crippen LogP contribution in [-0.2, 0) is 19.1 Å². The maximum absolute atomic E-state index is 14.3. The Morgan fingerprint density at radius 2 is 1.82 bits per heavy atom. The SMILES string of the molecule is CC[C@H](C)[C@H](NC(=O)[C@H]1CCCCN1C)C(=O)N(C)[C@H](C[C@@H](OC(=O)NC)c1nc(C(=O)NC2(C[C@H](C)C(=O)O)CC2c2ccc([N+](=O)[O-])cc2)cs1)C(C)C. The molecule has 2 aromatic rings. The third-order valence-corrected chi connectivity index (χ3v) is 12.4. The van der Waals surface area contributed by atoms with E-state index in [9.17, 15) is 39.2 Å². The molecule has 4 amide bonds. The van der Waals surface area contributed by atoms with Gasteiger partial charge in [0.15, 0.2) is 6.10 Å². The standard InChI is InChI=1S/C39H57N7O9S/c1-9-23(4)32(42-34(48)29-12-10-11-17-44(29)7)36(49)45(8)30(22(2)3)18-31(55-38(52)40-6)35-41-28(21-56-35)33(47)43-39(19-24(5)37(50)51)20-27(39)25-13-15-26(16-14-25)46(53)54/h13-16,21-24,27,29-32H,9-12,17-20H2,1-8H3,(H,40,52)(H,42,48)(H,43,47)(H,50,51)/t23-,24-,27?,29+,30+,31+,32-,39?/m0/s1. The summed E-state index contributed by atoms with van der Waals surface area (Å²) in [6.07, 6.45) is 2.38. The Morgan fingerprint density at radius 3 is 2.39 bits per heavy atom. The lowest BCUT2D eigenvalue weighted by molar-refractivity contribution is -0.384. The molecule has 56 heavy (non-hydrogen) atoms. The molecule has 16 nitrogen and oxygen atoms in total. The number of hydrogen-bond donors (Lipinski definition) is 4. The van der Waals surface area contributed by atoms with Crippen LogP contribution in [0, 0.1) is 27.9 Å². The Morgan fingerprint density at radius 1 is 1.14 bits per heavy atom. The number of nitro groups is 1. The minimum atomic E-state index is -1.02. The first-order valence-corrected chi connectivity index (χ1v) is 20.2. The topological polar surface area (TPSA) is 213 Å². The third kappa shape index (κ3) is 10.6. The van der Waals surface area contributed by atoms with Gasteiger partial charge in [-0.1, -0.05) is 59.6 Å². The highest BCUT2D eigenvalue weighted by molar-refractivity contribution is 7.09. The van der Waals surface area contributed by atoms with Crippen LogP contribution in [0.15, 0.2) is 29.6 Å². The monoisotopic (exact) mass is 799 g/mol. The number of nitro benzene ring substituents is 1. The van der Waals surface area contributed by atoms with E-state index in [1.807, 2.05) is 39.6 Å². The number of rotatable bonds is 18. The summed E-state index contributed by atoms with van der Waals surface area (Å²) in [5.74, 6) is -3.31. The van der Waals surface area contributed by atoms with Crippen LogP contribution >= 0.6 is 11.3 Å². The molecule has 8 atom stereocenters. The second kappa shape index (κ2) is 19.0. The zero-order valence-corrected chi connectivity index (χ0v) is 34.4. The van der Waals surface area contributed by atoms with Gasteiger partial charge < -0.3 is 30.7 Å². The van der Waals surface area contributed by atoms with Gasteiger partial charge in [-0.3, -0.25) is 34.2 Å². The summed E-state index contributed by atoms with van der Waals surface area (Å²) in [7, 11) is 5.04. The van der Waals surface area contributed by atoms with E-state index in [-0.39, 0.29) is 59.8 Å². The number of aromatic nitrogens is 1. The van der Waals surface area contributed by atoms with Crippen molar-refractivity contribution in [2.75, 3.05) is 27.7 Å². The van der Waals surface area contributed by atoms with Gasteiger partial charge in [0.05, 0.1) is 16.9 Å². The molecule has 308 valence electrons. The number of hydrogen-bond acceptors (Lipinski definition) is 11. The number of carbonyl (C=O) groups is 5. The summed E-state index contributed by atoms with van der Waals surface area (Å²) in [6, 6.07) is 4.46. The Hall–Kier alpha value is -4.64. The van der Waals surface area contributed by atoms with E-state index in [0.29, 0.717) is 17.8 Å². The van der Waals surface area contributed by atoms with E-state index in [1.165, 1.54) is 19.2 Å². The molecule has 0 radical (unpaired) electrons. The van der Waals surface area contributed by atoms with E-state index in [0.717, 1.165) is 42.7 Å². The lowest BCUT2D eigenvalue weighted by Crippen LogP contribution is -2.58. The van der Waals surface area contributed by atoms with Crippen LogP contribution in [0.2, 0.25) is 0 Å². The van der Waals surface area contributed by atoms with E-state index >= 15 is 0 Å². The summed E-state index contributed by atoms with van der Waals surface area (Å²) < 4.78 is 5.81. The lowest BCUT2D eigenvalue weighted by Gasteiger charge is -2.38. The first-order chi connectivity index (χ1) is 26.4. The average Bonchev–Trinajstić information content (AvgIpc) is 3.61. The van der Waals surface area contributed by atoms with Crippen molar-refractivity contribution >= 4 is 46.8 Å². The highest BCUT2D eigenvalue weighted by Gasteiger charge is 2.57. The van der Waals surface area contributed by atoms with Crippen LogP contribution in [-0.4, -0.2) is 106 Å². The molecule has 17 heteroatoms. The fraction of sp³-hybridized carbons (Fsp3) is 0.641. The molecule has 2 aliphatic rings. The van der Waals surface area contributed by atoms with Crippen molar-refractivity contribution in [1.29, 1.82) is 0 Å². The Kier molecular flexibility index (Phi) is 15.0. The Bertz CT molecular complexity index is 1740. The fourth-order valence-electron chi connectivity index (χ4n) is 7.65. The molecular weight excluding hydrogens is 743 g/mol. The summed E-state index contributed by atoms with van der Waals surface area (Å²) in [4.78, 5) is 85.0. The quantitative estimate of drug-likeness (QED) is 0.115. The number of piperidine rings is 1. The number of carbonyl (C=O) groups excluding carboxylic acids is 4. The highest BCUT2D eigenvalue weighted by atomic mass is 32.1. The number of non-ortho nitro benzene ring substituents is 1. The van der Waals surface area contributed by atoms with E-state index in [4.69, 9.17) is 4.74 Å². The number of nitrogens with one attached hydrogen (secondary N) is 3. The molecule has 1 aliphatic heterocycles. The van der Waals surface area contributed by atoms with E-state index in [1.54, 1.807) is 36.4 Å². The first kappa shape index (κ1) is 44.1. The molecular formula is C39H57N7O9S. The molecule has 4 rings (SSSR count). The summed E-state index contributed by atoms with van der Waals surface area (Å²) >= 11 is 1.12. The van der Waals surface area contributed by atoms with Gasteiger partial charge in [0, 0.05) is 55.5 Å². The molecule has 0 bridgehead atoms. The maximum atomic E-state index is 14.3. The average molecular weight is 800 g/mol. The number of carboxylic acid groups (broad SMARTS) is 1. The summed E-state index contributed by atoms with van der Waals surface area (Å²) in [6.45, 7) is 10.2. The lowest BCUT2D eigenvalue weighted by atomic mass is 9.92. The van der Waals surface area contributed by atoms with Crippen LogP contribution in [0.1, 0.15) is 113 Å². The number of ether oxygens (including phenoxy) is 1. The minimum absolute atomic E-state index is 0.0463. The fourth-order valence-corrected chi connectivity index (χ4v) is 8.49. The number of likely N-dealkylation sites (N-methyl/N-ethyl adjacent to an activating group) is 2. The summed E-state index contributed by atoms with van der Waals surface area (Å²) in [5, 5.41) is 31.3. The number of likely N-dealkylation sites (tertiary alicyclic amines) is 1. The van der Waals surface area contributed by atoms with Crippen molar-refractivity contribution in [2.45, 2.75) is 115 Å². The smallest absolute Gasteiger partial charge is 0.407 e. The molecule has 1 aliphatic carbocycles. The second-order valence-corrected chi connectivity index (χ2v) is 16.6. The number of alkyl carbamates (subject to hydrolysis) is 1. The van der Waals surface area contributed by atoms with E-state index in [2.05, 4.69) is 20.9 Å². The van der Waals surface area contributed by atoms with Gasteiger partial charge >= 0.3 is 12.1 Å². The van der Waals surface area contributed by atoms with Gasteiger partial charge in [0.1, 0.15) is 16.7 Å². The number of thiazole rings is 1. The van der Waals surface area contributed by atoms with E-state index < -0.39 is 52.5 Å². The number of amides is 4. The molecule has 0 spiro atoms. The van der Waals surface area contributed by atoms with Crippen molar-refractivity contribution in [2.24, 2.45) is 17.8 Å². The van der Waals surface area contributed by atoms with Gasteiger partial charge in [-0.05, 0) is 56.7 Å². The van der Waals surface area contributed by atoms with Gasteiger partial charge in [-0.15, -0.1) is 11.3 Å². The Labute approximate surface area is 332 Å². The van der Waals surface area contributed by atoms with Gasteiger partial charge in [0.2, 0.25) is 11.8 Å². The van der Waals surface area contributed by atoms with Crippen molar-refractivity contribution in [3.8, 4) is 0 Å². The zero-order valence-electron chi connectivity index (χ0n) is 33.6. The molecule has 1 saturated heterocycles. The van der Waals surface area contributed by atoms with Gasteiger partial charge in [0.25, 0.3) is 11.6 Å². The molecule has 2 unspecified atom stereocenters. The van der Waals surface area contributed by atoms with Crippen LogP contribution in [0.25, 0.3) is 0 Å². The van der Waals surface area contributed by atoms with Crippen molar-refractivity contribution in [1.82, 2.24) is 30.7 Å². The second-order valence-electron chi connectivity index (χ2n) is 15.7. The maximum Gasteiger partial charge on any atom is 0.407 e. The zero-order chi connectivity index (χ0) is 41.5. The van der Waals surface area contributed by atoms with Crippen molar-refractivity contribution in [3.63, 3.8) is 0 Å². The third-order valence-electron chi connectivity index (χ3n) is 11.4. The van der Waals surface area contributed by atoms with Gasteiger partial charge in [-0.25, -0.2) is 9.78 Å². The number of benzene rings is 1. The molecule has 2 fully saturated rings. The first-order valence-electron chi connectivity index (χ1n) is 19.3. The largest absolute Gasteiger partial charge is 0.481 e. The molecule has 1 aromatic carbocycles. The molecule has 1 aromatic heterocycles. The van der Waals surface area contributed by atoms with Gasteiger partial charge in [-0.2, -0.15) is 0 Å². The molecule has 4 N–H and O–H groups in total. The van der Waals surface area contributed by atoms with Crippen LogP contribution in [0.4, 0.5) is 10.5 Å². The normalized spacial score (nSPS) is 22.2. The number of carboxylic acids is 1. The van der Waals surface area contributed by atoms with Crippen molar-refractivity contribution in [3.05, 3.63) is 56.0 Å². The number of nitrogens with zero attached hydrogens (tertiary/aromatic N) is 4. The van der Waals surface area contributed by atoms with Crippen LogP contribution < -0.4 is 16.0 Å². The Balaban J connectivity index is 1.56. The molecule has 1 saturated carbocycles. The van der Waals surface area contributed by atoms with Crippen LogP contribution in [0.5, 0.6) is 0 Å². The van der Waals surface area contributed by atoms with Crippen LogP contribution in [0.3, 0.4) is 0 Å². The highest BCUT2D eigenvalue weighted by Crippen LogP contribution is 2.55. The summed E-state index contributed by atoms with van der Waals surface area (Å²) in [5.41, 5.74) is -0.218.